The molecule has 1 aliphatic carbocycles. The quantitative estimate of drug-likeness (QED) is 0.169. The molecular weight excluding hydrogens is 500 g/mol. The van der Waals surface area contributed by atoms with Gasteiger partial charge >= 0.3 is 5.97 Å². The van der Waals surface area contributed by atoms with Gasteiger partial charge in [0.05, 0.1) is 6.61 Å². The van der Waals surface area contributed by atoms with Crippen LogP contribution < -0.4 is 9.47 Å². The highest BCUT2D eigenvalue weighted by Crippen LogP contribution is 2.31. The summed E-state index contributed by atoms with van der Waals surface area (Å²) < 4.78 is 17.9. The number of rotatable bonds is 10. The largest absolute Gasteiger partial charge is 0.493 e. The number of hydrogen-bond donors (Lipinski definition) is 0. The number of aryl methyl sites for hydroxylation is 4. The highest BCUT2D eigenvalue weighted by atomic mass is 16.6. The second-order valence-electron chi connectivity index (χ2n) is 12.9. The van der Waals surface area contributed by atoms with E-state index in [1.54, 1.807) is 19.9 Å². The van der Waals surface area contributed by atoms with Gasteiger partial charge in [0.1, 0.15) is 17.1 Å². The van der Waals surface area contributed by atoms with Gasteiger partial charge in [0.25, 0.3) is 0 Å². The van der Waals surface area contributed by atoms with Gasteiger partial charge in [-0.3, -0.25) is 4.79 Å². The smallest absolute Gasteiger partial charge is 0.350 e. The molecule has 0 spiro atoms. The molecule has 0 N–H and O–H groups in total. The molecule has 0 amide bonds. The van der Waals surface area contributed by atoms with Crippen molar-refractivity contribution in [2.45, 2.75) is 112 Å². The Balaban J connectivity index is 1.67. The molecule has 0 radical (unpaired) electrons. The van der Waals surface area contributed by atoms with E-state index in [4.69, 9.17) is 14.2 Å². The molecule has 218 valence electrons. The zero-order chi connectivity index (χ0) is 29.7. The molecule has 0 saturated heterocycles. The number of allylic oxidation sites excluding steroid dienone is 1. The monoisotopic (exact) mass is 548 g/mol. The SMILES string of the molecule is Cc1cc(C(=O)/C=C/c2cc(C)c(OC(C)(C)C(=O)OC(C)(C)C)c(C)c2)cc(C)c1OCCC1CCCCC1. The van der Waals surface area contributed by atoms with Gasteiger partial charge in [-0.2, -0.15) is 0 Å². The summed E-state index contributed by atoms with van der Waals surface area (Å²) in [5.74, 6) is 1.85. The first-order valence-electron chi connectivity index (χ1n) is 14.7. The molecule has 0 aromatic heterocycles. The van der Waals surface area contributed by atoms with Crippen molar-refractivity contribution in [3.8, 4) is 11.5 Å². The second kappa shape index (κ2) is 13.1. The van der Waals surface area contributed by atoms with E-state index in [1.807, 2.05) is 78.8 Å². The third kappa shape index (κ3) is 8.71. The molecule has 2 aromatic rings. The topological polar surface area (TPSA) is 61.8 Å². The Bertz CT molecular complexity index is 1190. The first kappa shape index (κ1) is 31.4. The lowest BCUT2D eigenvalue weighted by Gasteiger charge is -2.30. The van der Waals surface area contributed by atoms with E-state index in [0.717, 1.165) is 52.5 Å². The van der Waals surface area contributed by atoms with Crippen LogP contribution in [0.3, 0.4) is 0 Å². The van der Waals surface area contributed by atoms with Crippen LogP contribution in [0, 0.1) is 33.6 Å². The zero-order valence-electron chi connectivity index (χ0n) is 26.0. The van der Waals surface area contributed by atoms with Gasteiger partial charge in [-0.25, -0.2) is 4.79 Å². The number of benzene rings is 2. The first-order chi connectivity index (χ1) is 18.7. The van der Waals surface area contributed by atoms with Crippen molar-refractivity contribution in [1.82, 2.24) is 0 Å². The molecule has 5 nitrogen and oxygen atoms in total. The van der Waals surface area contributed by atoms with Crippen LogP contribution in [-0.2, 0) is 9.53 Å². The van der Waals surface area contributed by atoms with Crippen molar-refractivity contribution < 1.29 is 23.8 Å². The molecule has 3 rings (SSSR count). The molecule has 40 heavy (non-hydrogen) atoms. The van der Waals surface area contributed by atoms with Gasteiger partial charge in [-0.05, 0) is 133 Å². The predicted molar refractivity (Wildman–Crippen MR) is 162 cm³/mol. The Morgan fingerprint density at radius 1 is 0.825 bits per heavy atom. The predicted octanol–water partition coefficient (Wildman–Crippen LogP) is 8.66. The highest BCUT2D eigenvalue weighted by Gasteiger charge is 2.35. The van der Waals surface area contributed by atoms with Gasteiger partial charge in [-0.15, -0.1) is 0 Å². The van der Waals surface area contributed by atoms with Crippen LogP contribution in [-0.4, -0.2) is 29.6 Å². The lowest BCUT2D eigenvalue weighted by atomic mass is 9.87. The molecule has 0 atom stereocenters. The first-order valence-corrected chi connectivity index (χ1v) is 14.7. The van der Waals surface area contributed by atoms with E-state index in [0.29, 0.717) is 11.3 Å². The molecule has 1 fully saturated rings. The van der Waals surface area contributed by atoms with Gasteiger partial charge in [0.15, 0.2) is 11.4 Å². The molecule has 5 heteroatoms. The third-order valence-corrected chi connectivity index (χ3v) is 7.40. The number of esters is 1. The summed E-state index contributed by atoms with van der Waals surface area (Å²) >= 11 is 0. The summed E-state index contributed by atoms with van der Waals surface area (Å²) in [6, 6.07) is 7.75. The molecule has 2 aromatic carbocycles. The summed E-state index contributed by atoms with van der Waals surface area (Å²) in [6.45, 7) is 17.6. The maximum absolute atomic E-state index is 13.1. The van der Waals surface area contributed by atoms with Gasteiger partial charge < -0.3 is 14.2 Å². The molecule has 1 saturated carbocycles. The summed E-state index contributed by atoms with van der Waals surface area (Å²) in [6.07, 6.45) is 11.2. The number of carbonyl (C=O) groups excluding carboxylic acids is 2. The van der Waals surface area contributed by atoms with Crippen LogP contribution in [0.15, 0.2) is 30.3 Å². The van der Waals surface area contributed by atoms with Crippen LogP contribution in [0.1, 0.15) is 111 Å². The fraction of sp³-hybridized carbons (Fsp3) is 0.543. The van der Waals surface area contributed by atoms with Crippen molar-refractivity contribution in [3.05, 3.63) is 63.7 Å². The van der Waals surface area contributed by atoms with Gasteiger partial charge in [0.2, 0.25) is 0 Å². The van der Waals surface area contributed by atoms with Crippen LogP contribution in [0.4, 0.5) is 0 Å². The standard InChI is InChI=1S/C35H48O5/c1-23-19-28(20-24(2)32(23)39-35(8,9)33(37)40-34(5,6)7)15-16-30(36)29-21-25(3)31(26(4)22-29)38-18-17-27-13-11-10-12-14-27/h15-16,19-22,27H,10-14,17-18H2,1-9H3/b16-15+. The van der Waals surface area contributed by atoms with E-state index in [2.05, 4.69) is 0 Å². The number of carbonyl (C=O) groups is 2. The Morgan fingerprint density at radius 2 is 1.38 bits per heavy atom. The second-order valence-corrected chi connectivity index (χ2v) is 12.9. The van der Waals surface area contributed by atoms with Crippen LogP contribution >= 0.6 is 0 Å². The summed E-state index contributed by atoms with van der Waals surface area (Å²) in [5, 5.41) is 0. The number of ether oxygens (including phenoxy) is 3. The maximum Gasteiger partial charge on any atom is 0.350 e. The molecule has 0 aliphatic heterocycles. The average Bonchev–Trinajstić information content (AvgIpc) is 2.86. The normalized spacial score (nSPS) is 14.8. The molecule has 1 aliphatic rings. The number of hydrogen-bond acceptors (Lipinski definition) is 5. The summed E-state index contributed by atoms with van der Waals surface area (Å²) in [5.41, 5.74) is 3.54. The Hall–Kier alpha value is -3.08. The molecule has 0 bridgehead atoms. The number of ketones is 1. The highest BCUT2D eigenvalue weighted by molar-refractivity contribution is 6.07. The Labute approximate surface area is 241 Å². The lowest BCUT2D eigenvalue weighted by Crippen LogP contribution is -2.43. The van der Waals surface area contributed by atoms with Crippen molar-refractivity contribution in [3.63, 3.8) is 0 Å². The van der Waals surface area contributed by atoms with Gasteiger partial charge in [-0.1, -0.05) is 38.2 Å². The van der Waals surface area contributed by atoms with Crippen molar-refractivity contribution in [1.29, 1.82) is 0 Å². The molecule has 0 heterocycles. The Kier molecular flexibility index (Phi) is 10.3. The van der Waals surface area contributed by atoms with E-state index in [1.165, 1.54) is 32.1 Å². The third-order valence-electron chi connectivity index (χ3n) is 7.40. The summed E-state index contributed by atoms with van der Waals surface area (Å²) in [4.78, 5) is 25.7. The zero-order valence-corrected chi connectivity index (χ0v) is 26.0. The van der Waals surface area contributed by atoms with Crippen molar-refractivity contribution >= 4 is 17.8 Å². The fourth-order valence-electron chi connectivity index (χ4n) is 5.33. The van der Waals surface area contributed by atoms with E-state index in [9.17, 15) is 9.59 Å². The minimum absolute atomic E-state index is 0.0540. The molecular formula is C35H48O5. The fourth-order valence-corrected chi connectivity index (χ4v) is 5.33. The summed E-state index contributed by atoms with van der Waals surface area (Å²) in [7, 11) is 0. The van der Waals surface area contributed by atoms with Crippen molar-refractivity contribution in [2.75, 3.05) is 6.61 Å². The molecule has 0 unspecified atom stereocenters. The van der Waals surface area contributed by atoms with Crippen molar-refractivity contribution in [2.24, 2.45) is 5.92 Å². The van der Waals surface area contributed by atoms with Gasteiger partial charge in [0, 0.05) is 5.56 Å². The van der Waals surface area contributed by atoms with E-state index >= 15 is 0 Å². The lowest BCUT2D eigenvalue weighted by molar-refractivity contribution is -0.171. The minimum atomic E-state index is -1.14. The van der Waals surface area contributed by atoms with Crippen LogP contribution in [0.25, 0.3) is 6.08 Å². The minimum Gasteiger partial charge on any atom is -0.493 e. The maximum atomic E-state index is 13.1. The van der Waals surface area contributed by atoms with Crippen LogP contribution in [0.2, 0.25) is 0 Å². The van der Waals surface area contributed by atoms with Crippen LogP contribution in [0.5, 0.6) is 11.5 Å². The average molecular weight is 549 g/mol. The Morgan fingerprint density at radius 3 is 1.93 bits per heavy atom. The van der Waals surface area contributed by atoms with E-state index in [-0.39, 0.29) is 5.78 Å². The van der Waals surface area contributed by atoms with E-state index < -0.39 is 17.2 Å².